The molecule has 2 aromatic rings. The number of alkyl halides is 3. The molecule has 0 amide bonds. The quantitative estimate of drug-likeness (QED) is 0.544. The van der Waals surface area contributed by atoms with Crippen molar-refractivity contribution in [1.29, 1.82) is 0 Å². The van der Waals surface area contributed by atoms with Gasteiger partial charge in [-0.2, -0.15) is 13.2 Å². The van der Waals surface area contributed by atoms with E-state index in [1.54, 1.807) is 6.07 Å². The first-order chi connectivity index (χ1) is 12.6. The summed E-state index contributed by atoms with van der Waals surface area (Å²) >= 11 is 5.83. The molecule has 0 aliphatic carbocycles. The molecule has 29 heavy (non-hydrogen) atoms. The second-order valence-electron chi connectivity index (χ2n) is 8.94. The number of phenolic OH excluding ortho intramolecular Hbond substituents is 1. The van der Waals surface area contributed by atoms with Gasteiger partial charge in [0.2, 0.25) is 0 Å². The summed E-state index contributed by atoms with van der Waals surface area (Å²) in [6.45, 7) is 12.5. The zero-order valence-corrected chi connectivity index (χ0v) is 18.9. The van der Waals surface area contributed by atoms with Crippen molar-refractivity contribution in [3.8, 4) is 16.9 Å². The molecular formula is C21H27Cl2F3N2O. The zero-order chi connectivity index (χ0) is 21.5. The van der Waals surface area contributed by atoms with Gasteiger partial charge in [0, 0.05) is 35.0 Å². The van der Waals surface area contributed by atoms with Crippen molar-refractivity contribution in [2.45, 2.75) is 65.2 Å². The van der Waals surface area contributed by atoms with Crippen LogP contribution in [0.1, 0.15) is 58.4 Å². The Morgan fingerprint density at radius 2 is 1.62 bits per heavy atom. The molecule has 3 nitrogen and oxygen atoms in total. The Morgan fingerprint density at radius 1 is 1.03 bits per heavy atom. The Labute approximate surface area is 181 Å². The van der Waals surface area contributed by atoms with Gasteiger partial charge in [-0.15, -0.1) is 12.4 Å². The fourth-order valence-corrected chi connectivity index (χ4v) is 2.91. The molecule has 0 fully saturated rings. The van der Waals surface area contributed by atoms with Gasteiger partial charge in [0.05, 0.1) is 5.02 Å². The number of benzene rings is 1. The minimum Gasteiger partial charge on any atom is -0.507 e. The molecule has 0 spiro atoms. The van der Waals surface area contributed by atoms with E-state index >= 15 is 0 Å². The van der Waals surface area contributed by atoms with Crippen molar-refractivity contribution < 1.29 is 18.3 Å². The summed E-state index contributed by atoms with van der Waals surface area (Å²) in [5.74, 6) is 0.00220. The first-order valence-corrected chi connectivity index (χ1v) is 9.32. The van der Waals surface area contributed by atoms with Crippen LogP contribution in [0.25, 0.3) is 11.1 Å². The van der Waals surface area contributed by atoms with E-state index in [1.807, 2.05) is 47.6 Å². The number of pyridine rings is 1. The average molecular weight is 451 g/mol. The molecule has 0 unspecified atom stereocenters. The topological polar surface area (TPSA) is 45.2 Å². The van der Waals surface area contributed by atoms with Gasteiger partial charge in [0.15, 0.2) is 5.69 Å². The van der Waals surface area contributed by atoms with Crippen LogP contribution in [0.3, 0.4) is 0 Å². The third-order valence-corrected chi connectivity index (χ3v) is 4.57. The molecule has 0 aliphatic heterocycles. The molecule has 8 heteroatoms. The van der Waals surface area contributed by atoms with Crippen LogP contribution < -0.4 is 5.32 Å². The van der Waals surface area contributed by atoms with Crippen molar-refractivity contribution in [3.05, 3.63) is 46.2 Å². The maximum Gasteiger partial charge on any atom is 0.434 e. The SMILES string of the molecule is CC(C)(C)NCc1cc(C(C)(C)C)cc(-c2cnc(C(F)(F)F)c(Cl)c2)c1O.Cl. The van der Waals surface area contributed by atoms with E-state index in [1.165, 1.54) is 6.07 Å². The number of aromatic hydroxyl groups is 1. The fraction of sp³-hybridized carbons (Fsp3) is 0.476. The van der Waals surface area contributed by atoms with Crippen LogP contribution >= 0.6 is 24.0 Å². The van der Waals surface area contributed by atoms with Crippen LogP contribution in [0.4, 0.5) is 13.2 Å². The van der Waals surface area contributed by atoms with Crippen molar-refractivity contribution in [3.63, 3.8) is 0 Å². The average Bonchev–Trinajstić information content (AvgIpc) is 2.50. The van der Waals surface area contributed by atoms with Gasteiger partial charge in [-0.3, -0.25) is 0 Å². The summed E-state index contributed by atoms with van der Waals surface area (Å²) < 4.78 is 38.9. The third-order valence-electron chi connectivity index (χ3n) is 4.28. The van der Waals surface area contributed by atoms with Gasteiger partial charge in [0.25, 0.3) is 0 Å². The molecule has 2 rings (SSSR count). The molecular weight excluding hydrogens is 424 g/mol. The van der Waals surface area contributed by atoms with E-state index in [9.17, 15) is 18.3 Å². The predicted molar refractivity (Wildman–Crippen MR) is 114 cm³/mol. The highest BCUT2D eigenvalue weighted by Gasteiger charge is 2.35. The Morgan fingerprint density at radius 3 is 2.07 bits per heavy atom. The Bertz CT molecular complexity index is 870. The largest absolute Gasteiger partial charge is 0.507 e. The van der Waals surface area contributed by atoms with Crippen LogP contribution in [-0.4, -0.2) is 15.6 Å². The van der Waals surface area contributed by atoms with Gasteiger partial charge in [-0.05, 0) is 43.9 Å². The normalized spacial score (nSPS) is 12.6. The molecule has 162 valence electrons. The summed E-state index contributed by atoms with van der Waals surface area (Å²) in [5, 5.41) is 13.6. The summed E-state index contributed by atoms with van der Waals surface area (Å²) in [4.78, 5) is 3.49. The van der Waals surface area contributed by atoms with Crippen LogP contribution in [-0.2, 0) is 18.1 Å². The van der Waals surface area contributed by atoms with Crippen molar-refractivity contribution in [1.82, 2.24) is 10.3 Å². The fourth-order valence-electron chi connectivity index (χ4n) is 2.64. The Balaban J connectivity index is 0.00000420. The zero-order valence-electron chi connectivity index (χ0n) is 17.3. The second kappa shape index (κ2) is 8.70. The first-order valence-electron chi connectivity index (χ1n) is 8.94. The van der Waals surface area contributed by atoms with E-state index in [0.29, 0.717) is 23.2 Å². The maximum atomic E-state index is 13.0. The maximum absolute atomic E-state index is 13.0. The molecule has 0 radical (unpaired) electrons. The summed E-state index contributed by atoms with van der Waals surface area (Å²) in [6, 6.07) is 4.88. The van der Waals surface area contributed by atoms with Crippen molar-refractivity contribution in [2.24, 2.45) is 0 Å². The summed E-state index contributed by atoms with van der Waals surface area (Å²) in [5.41, 5.74) is 0.820. The van der Waals surface area contributed by atoms with Gasteiger partial charge in [-0.1, -0.05) is 38.4 Å². The number of halogens is 5. The minimum absolute atomic E-state index is 0. The lowest BCUT2D eigenvalue weighted by molar-refractivity contribution is -0.141. The molecule has 0 bridgehead atoms. The molecule has 0 atom stereocenters. The highest BCUT2D eigenvalue weighted by atomic mass is 35.5. The number of phenols is 1. The molecule has 1 aromatic carbocycles. The number of hydrogen-bond acceptors (Lipinski definition) is 3. The molecule has 0 saturated carbocycles. The minimum atomic E-state index is -4.63. The number of aromatic nitrogens is 1. The standard InChI is InChI=1S/C21H26ClF3N2O.ClH/c1-19(2,3)14-7-13(11-27-20(4,5)6)17(28)15(9-14)12-8-16(22)18(26-10-12)21(23,24)25;/h7-10,27-28H,11H2,1-6H3;1H. The molecule has 1 heterocycles. The second-order valence-corrected chi connectivity index (χ2v) is 9.34. The van der Waals surface area contributed by atoms with E-state index < -0.39 is 16.9 Å². The number of nitrogens with one attached hydrogen (secondary N) is 1. The monoisotopic (exact) mass is 450 g/mol. The van der Waals surface area contributed by atoms with E-state index in [-0.39, 0.29) is 29.1 Å². The smallest absolute Gasteiger partial charge is 0.434 e. The van der Waals surface area contributed by atoms with Crippen LogP contribution in [0, 0.1) is 0 Å². The van der Waals surface area contributed by atoms with Gasteiger partial charge >= 0.3 is 6.18 Å². The van der Waals surface area contributed by atoms with Crippen LogP contribution in [0.15, 0.2) is 24.4 Å². The molecule has 2 N–H and O–H groups in total. The molecule has 0 aliphatic rings. The Hall–Kier alpha value is -1.50. The number of rotatable bonds is 3. The highest BCUT2D eigenvalue weighted by molar-refractivity contribution is 6.31. The van der Waals surface area contributed by atoms with E-state index in [4.69, 9.17) is 11.6 Å². The Kier molecular flexibility index (Phi) is 7.66. The first kappa shape index (κ1) is 25.5. The van der Waals surface area contributed by atoms with Crippen LogP contribution in [0.2, 0.25) is 5.02 Å². The summed E-state index contributed by atoms with van der Waals surface area (Å²) in [6.07, 6.45) is -3.54. The van der Waals surface area contributed by atoms with E-state index in [2.05, 4.69) is 10.3 Å². The van der Waals surface area contributed by atoms with E-state index in [0.717, 1.165) is 11.8 Å². The molecule has 1 aromatic heterocycles. The van der Waals surface area contributed by atoms with Gasteiger partial charge in [0.1, 0.15) is 5.75 Å². The van der Waals surface area contributed by atoms with Gasteiger partial charge in [-0.25, -0.2) is 4.98 Å². The summed E-state index contributed by atoms with van der Waals surface area (Å²) in [7, 11) is 0. The highest BCUT2D eigenvalue weighted by Crippen LogP contribution is 2.40. The lowest BCUT2D eigenvalue weighted by Gasteiger charge is -2.25. The number of hydrogen-bond donors (Lipinski definition) is 2. The van der Waals surface area contributed by atoms with Gasteiger partial charge < -0.3 is 10.4 Å². The van der Waals surface area contributed by atoms with Crippen molar-refractivity contribution >= 4 is 24.0 Å². The predicted octanol–water partition coefficient (Wildman–Crippen LogP) is 6.73. The number of nitrogens with zero attached hydrogens (tertiary/aromatic N) is 1. The molecule has 0 saturated heterocycles. The lowest BCUT2D eigenvalue weighted by atomic mass is 9.83. The van der Waals surface area contributed by atoms with Crippen LogP contribution in [0.5, 0.6) is 5.75 Å². The van der Waals surface area contributed by atoms with Crippen molar-refractivity contribution in [2.75, 3.05) is 0 Å². The third kappa shape index (κ3) is 6.49. The lowest BCUT2D eigenvalue weighted by Crippen LogP contribution is -2.35.